The standard InChI is InChI=1S/C18H16N4O/c23-18(22-21-12-14-7-9-19-10-8-14)13-20-17-6-5-15-3-1-2-4-16(15)11-17/h1-12,20H,13H2,(H,22,23)/b21-12-. The zero-order valence-corrected chi connectivity index (χ0v) is 12.4. The van der Waals surface area contributed by atoms with Gasteiger partial charge in [0.25, 0.3) is 5.91 Å². The first-order chi connectivity index (χ1) is 11.3. The van der Waals surface area contributed by atoms with E-state index >= 15 is 0 Å². The number of aromatic nitrogens is 1. The molecule has 0 bridgehead atoms. The molecule has 3 aromatic rings. The molecule has 1 heterocycles. The first-order valence-corrected chi connectivity index (χ1v) is 7.26. The third-order valence-electron chi connectivity index (χ3n) is 3.31. The molecule has 2 N–H and O–H groups in total. The lowest BCUT2D eigenvalue weighted by Crippen LogP contribution is -2.25. The molecule has 0 radical (unpaired) electrons. The summed E-state index contributed by atoms with van der Waals surface area (Å²) in [7, 11) is 0. The zero-order valence-electron chi connectivity index (χ0n) is 12.4. The van der Waals surface area contributed by atoms with Gasteiger partial charge in [-0.05, 0) is 40.6 Å². The fourth-order valence-electron chi connectivity index (χ4n) is 2.15. The summed E-state index contributed by atoms with van der Waals surface area (Å²) in [5.74, 6) is -0.205. The largest absolute Gasteiger partial charge is 0.376 e. The number of amides is 1. The van der Waals surface area contributed by atoms with Crippen molar-refractivity contribution in [1.82, 2.24) is 10.4 Å². The molecule has 5 nitrogen and oxygen atoms in total. The molecule has 0 atom stereocenters. The molecule has 0 fully saturated rings. The van der Waals surface area contributed by atoms with Crippen LogP contribution in [0.25, 0.3) is 10.8 Å². The van der Waals surface area contributed by atoms with Crippen LogP contribution in [-0.4, -0.2) is 23.7 Å². The van der Waals surface area contributed by atoms with E-state index in [-0.39, 0.29) is 12.5 Å². The lowest BCUT2D eigenvalue weighted by Gasteiger charge is -2.06. The summed E-state index contributed by atoms with van der Waals surface area (Å²) in [4.78, 5) is 15.7. The molecule has 23 heavy (non-hydrogen) atoms. The number of hydrazone groups is 1. The Hall–Kier alpha value is -3.21. The average Bonchev–Trinajstić information content (AvgIpc) is 2.61. The van der Waals surface area contributed by atoms with Crippen molar-refractivity contribution in [3.8, 4) is 0 Å². The Labute approximate surface area is 134 Å². The smallest absolute Gasteiger partial charge is 0.259 e. The number of anilines is 1. The van der Waals surface area contributed by atoms with Crippen molar-refractivity contribution in [2.45, 2.75) is 0 Å². The first-order valence-electron chi connectivity index (χ1n) is 7.26. The highest BCUT2D eigenvalue weighted by atomic mass is 16.2. The lowest BCUT2D eigenvalue weighted by molar-refractivity contribution is -0.119. The van der Waals surface area contributed by atoms with Crippen LogP contribution in [0, 0.1) is 0 Å². The minimum Gasteiger partial charge on any atom is -0.376 e. The number of hydrogen-bond acceptors (Lipinski definition) is 4. The molecule has 0 saturated heterocycles. The van der Waals surface area contributed by atoms with Crippen LogP contribution in [0.2, 0.25) is 0 Å². The predicted molar refractivity (Wildman–Crippen MR) is 92.4 cm³/mol. The number of rotatable bonds is 5. The van der Waals surface area contributed by atoms with Crippen molar-refractivity contribution in [3.63, 3.8) is 0 Å². The van der Waals surface area contributed by atoms with E-state index in [4.69, 9.17) is 0 Å². The second kappa shape index (κ2) is 7.17. The van der Waals surface area contributed by atoms with Crippen LogP contribution in [0.3, 0.4) is 0 Å². The summed E-state index contributed by atoms with van der Waals surface area (Å²) < 4.78 is 0. The van der Waals surface area contributed by atoms with E-state index in [1.807, 2.05) is 48.5 Å². The zero-order chi connectivity index (χ0) is 15.9. The van der Waals surface area contributed by atoms with Crippen LogP contribution in [0.5, 0.6) is 0 Å². The van der Waals surface area contributed by atoms with E-state index in [1.54, 1.807) is 18.6 Å². The topological polar surface area (TPSA) is 66.4 Å². The molecular weight excluding hydrogens is 288 g/mol. The molecule has 0 aliphatic rings. The molecule has 0 aliphatic carbocycles. The van der Waals surface area contributed by atoms with Gasteiger partial charge in [-0.1, -0.05) is 30.3 Å². The number of nitrogens with zero attached hydrogens (tertiary/aromatic N) is 2. The molecule has 5 heteroatoms. The van der Waals surface area contributed by atoms with Crippen LogP contribution in [-0.2, 0) is 4.79 Å². The highest BCUT2D eigenvalue weighted by molar-refractivity contribution is 5.87. The van der Waals surface area contributed by atoms with Gasteiger partial charge in [0, 0.05) is 18.1 Å². The molecule has 0 saturated carbocycles. The van der Waals surface area contributed by atoms with Gasteiger partial charge in [-0.25, -0.2) is 5.43 Å². The van der Waals surface area contributed by atoms with Crippen molar-refractivity contribution >= 4 is 28.6 Å². The van der Waals surface area contributed by atoms with Gasteiger partial charge >= 0.3 is 0 Å². The van der Waals surface area contributed by atoms with E-state index in [0.29, 0.717) is 0 Å². The number of fused-ring (bicyclic) bond motifs is 1. The number of hydrogen-bond donors (Lipinski definition) is 2. The van der Waals surface area contributed by atoms with Crippen molar-refractivity contribution in [2.75, 3.05) is 11.9 Å². The molecule has 0 aliphatic heterocycles. The van der Waals surface area contributed by atoms with Crippen molar-refractivity contribution in [3.05, 3.63) is 72.6 Å². The molecule has 3 rings (SSSR count). The molecule has 2 aromatic carbocycles. The van der Waals surface area contributed by atoms with Gasteiger partial charge in [0.1, 0.15) is 0 Å². The molecule has 1 amide bonds. The van der Waals surface area contributed by atoms with Crippen LogP contribution < -0.4 is 10.7 Å². The van der Waals surface area contributed by atoms with E-state index in [1.165, 1.54) is 5.39 Å². The summed E-state index contributed by atoms with van der Waals surface area (Å²) >= 11 is 0. The van der Waals surface area contributed by atoms with Gasteiger partial charge in [-0.2, -0.15) is 5.10 Å². The molecule has 0 unspecified atom stereocenters. The third kappa shape index (κ3) is 4.14. The van der Waals surface area contributed by atoms with Gasteiger partial charge in [-0.3, -0.25) is 9.78 Å². The fraction of sp³-hybridized carbons (Fsp3) is 0.0556. The highest BCUT2D eigenvalue weighted by Crippen LogP contribution is 2.18. The summed E-state index contributed by atoms with van der Waals surface area (Å²) in [6.45, 7) is 0.159. The number of carbonyl (C=O) groups excluding carboxylic acids is 1. The second-order valence-corrected chi connectivity index (χ2v) is 4.99. The van der Waals surface area contributed by atoms with Crippen molar-refractivity contribution < 1.29 is 4.79 Å². The van der Waals surface area contributed by atoms with Gasteiger partial charge in [0.05, 0.1) is 12.8 Å². The number of carbonyl (C=O) groups is 1. The van der Waals surface area contributed by atoms with Gasteiger partial charge in [0.2, 0.25) is 0 Å². The first kappa shape index (κ1) is 14.7. The quantitative estimate of drug-likeness (QED) is 0.562. The Balaban J connectivity index is 1.52. The maximum Gasteiger partial charge on any atom is 0.259 e. The van der Waals surface area contributed by atoms with Gasteiger partial charge in [0.15, 0.2) is 0 Å². The number of nitrogens with one attached hydrogen (secondary N) is 2. The normalized spacial score (nSPS) is 10.8. The van der Waals surface area contributed by atoms with Crippen LogP contribution in [0.1, 0.15) is 5.56 Å². The SMILES string of the molecule is O=C(CNc1ccc2ccccc2c1)N/N=C\c1ccncc1. The monoisotopic (exact) mass is 304 g/mol. The average molecular weight is 304 g/mol. The van der Waals surface area contributed by atoms with Gasteiger partial charge < -0.3 is 5.32 Å². The highest BCUT2D eigenvalue weighted by Gasteiger charge is 2.00. The number of benzene rings is 2. The van der Waals surface area contributed by atoms with E-state index in [2.05, 4.69) is 26.9 Å². The van der Waals surface area contributed by atoms with E-state index in [0.717, 1.165) is 16.6 Å². The fourth-order valence-corrected chi connectivity index (χ4v) is 2.15. The van der Waals surface area contributed by atoms with E-state index in [9.17, 15) is 4.79 Å². The van der Waals surface area contributed by atoms with Crippen LogP contribution in [0.15, 0.2) is 72.1 Å². The van der Waals surface area contributed by atoms with Crippen molar-refractivity contribution in [2.24, 2.45) is 5.10 Å². The van der Waals surface area contributed by atoms with Crippen LogP contribution >= 0.6 is 0 Å². The summed E-state index contributed by atoms with van der Waals surface area (Å²) in [5.41, 5.74) is 4.26. The minimum absolute atomic E-state index is 0.159. The Morgan fingerprint density at radius 3 is 2.65 bits per heavy atom. The van der Waals surface area contributed by atoms with Crippen molar-refractivity contribution in [1.29, 1.82) is 0 Å². The Morgan fingerprint density at radius 1 is 1.04 bits per heavy atom. The molecule has 114 valence electrons. The second-order valence-electron chi connectivity index (χ2n) is 4.99. The Morgan fingerprint density at radius 2 is 1.83 bits per heavy atom. The predicted octanol–water partition coefficient (Wildman–Crippen LogP) is 2.80. The maximum absolute atomic E-state index is 11.8. The minimum atomic E-state index is -0.205. The maximum atomic E-state index is 11.8. The summed E-state index contributed by atoms with van der Waals surface area (Å²) in [6, 6.07) is 17.7. The molecule has 0 spiro atoms. The third-order valence-corrected chi connectivity index (χ3v) is 3.31. The van der Waals surface area contributed by atoms with Gasteiger partial charge in [-0.15, -0.1) is 0 Å². The molecular formula is C18H16N4O. The molecule has 1 aromatic heterocycles. The summed E-state index contributed by atoms with van der Waals surface area (Å²) in [5, 5.41) is 9.30. The number of pyridine rings is 1. The summed E-state index contributed by atoms with van der Waals surface area (Å²) in [6.07, 6.45) is 4.92. The Kier molecular flexibility index (Phi) is 4.59. The Bertz CT molecular complexity index is 831. The lowest BCUT2D eigenvalue weighted by atomic mass is 10.1. The van der Waals surface area contributed by atoms with Crippen LogP contribution in [0.4, 0.5) is 5.69 Å². The van der Waals surface area contributed by atoms with E-state index < -0.39 is 0 Å².